The first-order valence-electron chi connectivity index (χ1n) is 6.82. The van der Waals surface area contributed by atoms with E-state index in [9.17, 15) is 0 Å². The number of nitrogens with one attached hydrogen (secondary N) is 1. The highest BCUT2D eigenvalue weighted by Gasteiger charge is 2.14. The molecule has 1 aliphatic heterocycles. The lowest BCUT2D eigenvalue weighted by Gasteiger charge is -2.21. The van der Waals surface area contributed by atoms with Gasteiger partial charge in [0.15, 0.2) is 0 Å². The molecule has 0 spiro atoms. The van der Waals surface area contributed by atoms with Crippen LogP contribution < -0.4 is 5.32 Å². The third-order valence-corrected chi connectivity index (χ3v) is 4.40. The van der Waals surface area contributed by atoms with Crippen LogP contribution in [0.2, 0.25) is 0 Å². The third kappa shape index (κ3) is 3.87. The van der Waals surface area contributed by atoms with Crippen molar-refractivity contribution in [3.63, 3.8) is 0 Å². The van der Waals surface area contributed by atoms with Crippen molar-refractivity contribution in [3.8, 4) is 0 Å². The molecule has 2 rings (SSSR count). The Morgan fingerprint density at radius 1 is 1.33 bits per heavy atom. The van der Waals surface area contributed by atoms with Crippen molar-refractivity contribution in [1.82, 2.24) is 9.97 Å². The normalized spacial score (nSPS) is 17.1. The molecule has 1 saturated heterocycles. The summed E-state index contributed by atoms with van der Waals surface area (Å²) in [4.78, 5) is 9.06. The van der Waals surface area contributed by atoms with Crippen LogP contribution in [0.4, 0.5) is 5.95 Å². The van der Waals surface area contributed by atoms with Gasteiger partial charge in [-0.25, -0.2) is 9.97 Å². The van der Waals surface area contributed by atoms with Crippen LogP contribution in [0.5, 0.6) is 0 Å². The molecule has 0 unspecified atom stereocenters. The van der Waals surface area contributed by atoms with Gasteiger partial charge in [-0.2, -0.15) is 11.8 Å². The van der Waals surface area contributed by atoms with Gasteiger partial charge in [0.2, 0.25) is 5.95 Å². The van der Waals surface area contributed by atoms with Crippen LogP contribution >= 0.6 is 11.8 Å². The molecule has 1 N–H and O–H groups in total. The predicted octanol–water partition coefficient (Wildman–Crippen LogP) is 3.46. The topological polar surface area (TPSA) is 37.8 Å². The fourth-order valence-corrected chi connectivity index (χ4v) is 3.36. The van der Waals surface area contributed by atoms with E-state index in [1.165, 1.54) is 24.3 Å². The Labute approximate surface area is 114 Å². The van der Waals surface area contributed by atoms with E-state index in [4.69, 9.17) is 0 Å². The van der Waals surface area contributed by atoms with Crippen LogP contribution in [0.3, 0.4) is 0 Å². The SMILES string of the molecule is Cc1cc(C(C)C)nc(NCC2CCSCC2)n1. The second kappa shape index (κ2) is 6.41. The van der Waals surface area contributed by atoms with E-state index in [2.05, 4.69) is 47.0 Å². The average molecular weight is 265 g/mol. The molecule has 0 bridgehead atoms. The zero-order valence-corrected chi connectivity index (χ0v) is 12.4. The molecule has 2 heterocycles. The van der Waals surface area contributed by atoms with Crippen LogP contribution in [0.15, 0.2) is 6.07 Å². The molecule has 18 heavy (non-hydrogen) atoms. The van der Waals surface area contributed by atoms with E-state index in [1.54, 1.807) is 0 Å². The van der Waals surface area contributed by atoms with E-state index >= 15 is 0 Å². The summed E-state index contributed by atoms with van der Waals surface area (Å²) in [6.45, 7) is 7.39. The quantitative estimate of drug-likeness (QED) is 0.904. The summed E-state index contributed by atoms with van der Waals surface area (Å²) in [5.74, 6) is 4.66. The standard InChI is InChI=1S/C14H23N3S/c1-10(2)13-8-11(3)16-14(17-13)15-9-12-4-6-18-7-5-12/h8,10,12H,4-7,9H2,1-3H3,(H,15,16,17). The summed E-state index contributed by atoms with van der Waals surface area (Å²) in [6.07, 6.45) is 2.64. The smallest absolute Gasteiger partial charge is 0.223 e. The number of rotatable bonds is 4. The number of nitrogens with zero attached hydrogens (tertiary/aromatic N) is 2. The van der Waals surface area contributed by atoms with Crippen LogP contribution in [0, 0.1) is 12.8 Å². The highest BCUT2D eigenvalue weighted by atomic mass is 32.2. The Kier molecular flexibility index (Phi) is 4.87. The van der Waals surface area contributed by atoms with Crippen LogP contribution in [0.25, 0.3) is 0 Å². The van der Waals surface area contributed by atoms with Crippen molar-refractivity contribution in [2.45, 2.75) is 39.5 Å². The van der Waals surface area contributed by atoms with E-state index in [0.717, 1.165) is 29.8 Å². The summed E-state index contributed by atoms with van der Waals surface area (Å²) in [5, 5.41) is 3.42. The summed E-state index contributed by atoms with van der Waals surface area (Å²) < 4.78 is 0. The first-order chi connectivity index (χ1) is 8.65. The lowest BCUT2D eigenvalue weighted by Crippen LogP contribution is -2.20. The highest BCUT2D eigenvalue weighted by molar-refractivity contribution is 7.99. The number of anilines is 1. The largest absolute Gasteiger partial charge is 0.354 e. The zero-order valence-electron chi connectivity index (χ0n) is 11.6. The molecule has 0 atom stereocenters. The van der Waals surface area contributed by atoms with E-state index in [-0.39, 0.29) is 0 Å². The van der Waals surface area contributed by atoms with Crippen molar-refractivity contribution in [2.24, 2.45) is 5.92 Å². The van der Waals surface area contributed by atoms with E-state index in [0.29, 0.717) is 5.92 Å². The van der Waals surface area contributed by atoms with Gasteiger partial charge >= 0.3 is 0 Å². The Bertz CT molecular complexity index is 387. The van der Waals surface area contributed by atoms with Crippen molar-refractivity contribution in [1.29, 1.82) is 0 Å². The molecule has 100 valence electrons. The molecule has 0 aromatic carbocycles. The molecule has 0 amide bonds. The molecule has 1 aliphatic rings. The van der Waals surface area contributed by atoms with Gasteiger partial charge in [-0.15, -0.1) is 0 Å². The fourth-order valence-electron chi connectivity index (χ4n) is 2.15. The molecule has 0 saturated carbocycles. The Balaban J connectivity index is 1.95. The van der Waals surface area contributed by atoms with Gasteiger partial charge in [0.05, 0.1) is 0 Å². The Morgan fingerprint density at radius 3 is 2.72 bits per heavy atom. The molecule has 1 fully saturated rings. The summed E-state index contributed by atoms with van der Waals surface area (Å²) in [6, 6.07) is 2.08. The maximum Gasteiger partial charge on any atom is 0.223 e. The van der Waals surface area contributed by atoms with Crippen molar-refractivity contribution in [2.75, 3.05) is 23.4 Å². The monoisotopic (exact) mass is 265 g/mol. The van der Waals surface area contributed by atoms with Gasteiger partial charge in [0.1, 0.15) is 0 Å². The van der Waals surface area contributed by atoms with E-state index < -0.39 is 0 Å². The number of thioether (sulfide) groups is 1. The van der Waals surface area contributed by atoms with Crippen molar-refractivity contribution < 1.29 is 0 Å². The first-order valence-corrected chi connectivity index (χ1v) is 7.98. The van der Waals surface area contributed by atoms with Gasteiger partial charge < -0.3 is 5.32 Å². The zero-order chi connectivity index (χ0) is 13.0. The molecule has 1 aromatic heterocycles. The van der Waals surface area contributed by atoms with Gasteiger partial charge in [0.25, 0.3) is 0 Å². The Morgan fingerprint density at radius 2 is 2.06 bits per heavy atom. The minimum absolute atomic E-state index is 0.457. The summed E-state index contributed by atoms with van der Waals surface area (Å²) in [7, 11) is 0. The minimum atomic E-state index is 0.457. The molecular weight excluding hydrogens is 242 g/mol. The summed E-state index contributed by atoms with van der Waals surface area (Å²) in [5.41, 5.74) is 2.18. The number of aryl methyl sites for hydroxylation is 1. The lowest BCUT2D eigenvalue weighted by atomic mass is 10.0. The van der Waals surface area contributed by atoms with E-state index in [1.807, 2.05) is 6.92 Å². The van der Waals surface area contributed by atoms with Crippen molar-refractivity contribution >= 4 is 17.7 Å². The number of aromatic nitrogens is 2. The molecule has 0 aliphatic carbocycles. The van der Waals surface area contributed by atoms with Crippen molar-refractivity contribution in [3.05, 3.63) is 17.5 Å². The molecule has 1 aromatic rings. The predicted molar refractivity (Wildman–Crippen MR) is 79.4 cm³/mol. The molecule has 0 radical (unpaired) electrons. The van der Waals surface area contributed by atoms with Crippen LogP contribution in [0.1, 0.15) is 44.0 Å². The second-order valence-corrected chi connectivity index (χ2v) is 6.57. The average Bonchev–Trinajstić information content (AvgIpc) is 2.37. The van der Waals surface area contributed by atoms with Gasteiger partial charge in [0, 0.05) is 17.9 Å². The maximum atomic E-state index is 4.59. The lowest BCUT2D eigenvalue weighted by molar-refractivity contribution is 0.514. The first kappa shape index (κ1) is 13.7. The van der Waals surface area contributed by atoms with Gasteiger partial charge in [-0.1, -0.05) is 13.8 Å². The molecule has 3 nitrogen and oxygen atoms in total. The number of hydrogen-bond acceptors (Lipinski definition) is 4. The Hall–Kier alpha value is -0.770. The third-order valence-electron chi connectivity index (χ3n) is 3.36. The second-order valence-electron chi connectivity index (χ2n) is 5.35. The fraction of sp³-hybridized carbons (Fsp3) is 0.714. The highest BCUT2D eigenvalue weighted by Crippen LogP contribution is 2.23. The minimum Gasteiger partial charge on any atom is -0.354 e. The van der Waals surface area contributed by atoms with Crippen LogP contribution in [-0.2, 0) is 0 Å². The number of hydrogen-bond donors (Lipinski definition) is 1. The summed E-state index contributed by atoms with van der Waals surface area (Å²) >= 11 is 2.07. The van der Waals surface area contributed by atoms with Gasteiger partial charge in [-0.05, 0) is 49.2 Å². The van der Waals surface area contributed by atoms with Crippen LogP contribution in [-0.4, -0.2) is 28.0 Å². The molecular formula is C14H23N3S. The maximum absolute atomic E-state index is 4.59. The molecule has 4 heteroatoms. The van der Waals surface area contributed by atoms with Gasteiger partial charge in [-0.3, -0.25) is 0 Å².